The van der Waals surface area contributed by atoms with Gasteiger partial charge < -0.3 is 14.8 Å². The minimum atomic E-state index is -1.19. The van der Waals surface area contributed by atoms with Gasteiger partial charge >= 0.3 is 0 Å². The Morgan fingerprint density at radius 1 is 1.13 bits per heavy atom. The first-order valence-corrected chi connectivity index (χ1v) is 10.2. The molecule has 30 heavy (non-hydrogen) atoms. The normalized spacial score (nSPS) is 15.9. The monoisotopic (exact) mass is 408 g/mol. The molecule has 3 aromatic rings. The minimum absolute atomic E-state index is 0.103. The lowest BCUT2D eigenvalue weighted by Gasteiger charge is -2.34. The summed E-state index contributed by atoms with van der Waals surface area (Å²) < 4.78 is 15.9. The van der Waals surface area contributed by atoms with Crippen LogP contribution in [-0.4, -0.2) is 51.6 Å². The Balaban J connectivity index is 1.55. The van der Waals surface area contributed by atoms with Crippen LogP contribution in [0.5, 0.6) is 0 Å². The van der Waals surface area contributed by atoms with E-state index in [9.17, 15) is 14.0 Å². The van der Waals surface area contributed by atoms with Gasteiger partial charge in [-0.25, -0.2) is 9.37 Å². The zero-order valence-corrected chi connectivity index (χ0v) is 17.2. The van der Waals surface area contributed by atoms with Gasteiger partial charge in [-0.2, -0.15) is 0 Å². The van der Waals surface area contributed by atoms with Crippen molar-refractivity contribution in [3.8, 4) is 5.69 Å². The average molecular weight is 408 g/mol. The zero-order valence-electron chi connectivity index (χ0n) is 17.2. The maximum Gasteiger partial charge on any atom is 0.255 e. The molecule has 1 aliphatic heterocycles. The highest BCUT2D eigenvalue weighted by molar-refractivity contribution is 5.97. The van der Waals surface area contributed by atoms with E-state index in [0.29, 0.717) is 43.6 Å². The smallest absolute Gasteiger partial charge is 0.255 e. The van der Waals surface area contributed by atoms with Crippen LogP contribution in [0, 0.1) is 0 Å². The Bertz CT molecular complexity index is 1080. The summed E-state index contributed by atoms with van der Waals surface area (Å²) in [4.78, 5) is 30.9. The maximum absolute atomic E-state index is 14.0. The number of nitrogens with one attached hydrogen (secondary N) is 1. The lowest BCUT2D eigenvalue weighted by atomic mass is 9.95. The highest BCUT2D eigenvalue weighted by atomic mass is 19.1. The molecule has 1 aromatic carbocycles. The average Bonchev–Trinajstić information content (AvgIpc) is 3.17. The third-order valence-corrected chi connectivity index (χ3v) is 5.61. The van der Waals surface area contributed by atoms with E-state index in [-0.39, 0.29) is 11.8 Å². The number of fused-ring (bicyclic) bond motifs is 1. The largest absolute Gasteiger partial charge is 0.352 e. The summed E-state index contributed by atoms with van der Waals surface area (Å²) in [5.41, 5.74) is 1.52. The van der Waals surface area contributed by atoms with Crippen LogP contribution >= 0.6 is 0 Å². The number of hydrogen-bond acceptors (Lipinski definition) is 3. The standard InChI is InChI=1S/C23H25FN4O2/c1-3-25-21(29)16-4-6-19(7-5-16)28-11-8-17-14-18(15-26-20(17)28)22(30)27-12-9-23(2,24)10-13-27/h4-8,11,14-15H,3,9-10,12-13H2,1-2H3,(H,25,29). The molecule has 7 heteroatoms. The van der Waals surface area contributed by atoms with Gasteiger partial charge in [0.1, 0.15) is 11.3 Å². The molecule has 0 bridgehead atoms. The van der Waals surface area contributed by atoms with E-state index in [1.54, 1.807) is 30.2 Å². The number of halogens is 1. The van der Waals surface area contributed by atoms with Crippen molar-refractivity contribution in [1.29, 1.82) is 0 Å². The van der Waals surface area contributed by atoms with Gasteiger partial charge in [0.15, 0.2) is 0 Å². The molecule has 0 aliphatic carbocycles. The number of amides is 2. The van der Waals surface area contributed by atoms with Crippen LogP contribution in [0.3, 0.4) is 0 Å². The first kappa shape index (κ1) is 20.1. The lowest BCUT2D eigenvalue weighted by molar-refractivity contribution is 0.0503. The van der Waals surface area contributed by atoms with Crippen LogP contribution in [0.1, 0.15) is 47.4 Å². The minimum Gasteiger partial charge on any atom is -0.352 e. The molecule has 1 fully saturated rings. The first-order valence-electron chi connectivity index (χ1n) is 10.2. The number of likely N-dealkylation sites (tertiary alicyclic amines) is 1. The fourth-order valence-corrected chi connectivity index (χ4v) is 3.74. The molecule has 2 amide bonds. The number of pyridine rings is 1. The van der Waals surface area contributed by atoms with Crippen LogP contribution in [0.25, 0.3) is 16.7 Å². The number of alkyl halides is 1. The van der Waals surface area contributed by atoms with Gasteiger partial charge in [-0.1, -0.05) is 0 Å². The van der Waals surface area contributed by atoms with Gasteiger partial charge in [0.2, 0.25) is 0 Å². The number of carbonyl (C=O) groups is 2. The van der Waals surface area contributed by atoms with Crippen LogP contribution in [0.4, 0.5) is 4.39 Å². The van der Waals surface area contributed by atoms with Crippen LogP contribution < -0.4 is 5.32 Å². The Morgan fingerprint density at radius 3 is 2.50 bits per heavy atom. The number of rotatable bonds is 4. The second-order valence-electron chi connectivity index (χ2n) is 7.93. The Labute approximate surface area is 174 Å². The summed E-state index contributed by atoms with van der Waals surface area (Å²) in [6, 6.07) is 11.0. The zero-order chi connectivity index (χ0) is 21.3. The van der Waals surface area contributed by atoms with Gasteiger partial charge in [-0.05, 0) is 63.1 Å². The van der Waals surface area contributed by atoms with Crippen molar-refractivity contribution < 1.29 is 14.0 Å². The predicted molar refractivity (Wildman–Crippen MR) is 114 cm³/mol. The molecule has 1 N–H and O–H groups in total. The highest BCUT2D eigenvalue weighted by Crippen LogP contribution is 2.27. The van der Waals surface area contributed by atoms with E-state index < -0.39 is 5.67 Å². The number of aromatic nitrogens is 2. The van der Waals surface area contributed by atoms with Crippen LogP contribution in [0.2, 0.25) is 0 Å². The topological polar surface area (TPSA) is 67.2 Å². The van der Waals surface area contributed by atoms with Gasteiger partial charge in [0.25, 0.3) is 11.8 Å². The molecular formula is C23H25FN4O2. The van der Waals surface area contributed by atoms with Crippen molar-refractivity contribution in [1.82, 2.24) is 19.8 Å². The molecule has 2 aromatic heterocycles. The van der Waals surface area contributed by atoms with Crippen molar-refractivity contribution in [2.24, 2.45) is 0 Å². The molecule has 0 unspecified atom stereocenters. The van der Waals surface area contributed by atoms with Crippen molar-refractivity contribution in [2.45, 2.75) is 32.4 Å². The third-order valence-electron chi connectivity index (χ3n) is 5.61. The van der Waals surface area contributed by atoms with E-state index in [1.807, 2.05) is 42.0 Å². The molecule has 6 nitrogen and oxygen atoms in total. The van der Waals surface area contributed by atoms with Crippen molar-refractivity contribution in [2.75, 3.05) is 19.6 Å². The number of nitrogens with zero attached hydrogens (tertiary/aromatic N) is 3. The maximum atomic E-state index is 14.0. The van der Waals surface area contributed by atoms with Gasteiger partial charge in [0, 0.05) is 48.7 Å². The van der Waals surface area contributed by atoms with Gasteiger partial charge in [-0.15, -0.1) is 0 Å². The summed E-state index contributed by atoms with van der Waals surface area (Å²) in [7, 11) is 0. The first-order chi connectivity index (χ1) is 14.4. The summed E-state index contributed by atoms with van der Waals surface area (Å²) in [6.45, 7) is 4.89. The van der Waals surface area contributed by atoms with Crippen molar-refractivity contribution >= 4 is 22.8 Å². The summed E-state index contributed by atoms with van der Waals surface area (Å²) in [5.74, 6) is -0.215. The molecule has 0 saturated carbocycles. The lowest BCUT2D eigenvalue weighted by Crippen LogP contribution is -2.43. The van der Waals surface area contributed by atoms with Gasteiger partial charge in [0.05, 0.1) is 5.56 Å². The fourth-order valence-electron chi connectivity index (χ4n) is 3.74. The summed E-state index contributed by atoms with van der Waals surface area (Å²) in [6.07, 6.45) is 4.18. The molecular weight excluding hydrogens is 383 g/mol. The molecule has 156 valence electrons. The Morgan fingerprint density at radius 2 is 1.83 bits per heavy atom. The summed E-state index contributed by atoms with van der Waals surface area (Å²) in [5, 5.41) is 3.63. The van der Waals surface area contributed by atoms with Crippen LogP contribution in [-0.2, 0) is 0 Å². The van der Waals surface area contributed by atoms with E-state index >= 15 is 0 Å². The SMILES string of the molecule is CCNC(=O)c1ccc(-n2ccc3cc(C(=O)N4CCC(C)(F)CC4)cnc32)cc1. The fraction of sp³-hybridized carbons (Fsp3) is 0.348. The van der Waals surface area contributed by atoms with Crippen molar-refractivity contribution in [3.63, 3.8) is 0 Å². The molecule has 0 radical (unpaired) electrons. The highest BCUT2D eigenvalue weighted by Gasteiger charge is 2.32. The number of piperidine rings is 1. The number of carbonyl (C=O) groups excluding carboxylic acids is 2. The number of benzene rings is 1. The summed E-state index contributed by atoms with van der Waals surface area (Å²) >= 11 is 0. The molecule has 0 spiro atoms. The number of hydrogen-bond donors (Lipinski definition) is 1. The van der Waals surface area contributed by atoms with Gasteiger partial charge in [-0.3, -0.25) is 9.59 Å². The molecule has 0 atom stereocenters. The van der Waals surface area contributed by atoms with E-state index in [4.69, 9.17) is 0 Å². The van der Waals surface area contributed by atoms with Crippen molar-refractivity contribution in [3.05, 3.63) is 59.9 Å². The predicted octanol–water partition coefficient (Wildman–Crippen LogP) is 3.74. The molecule has 4 rings (SSSR count). The van der Waals surface area contributed by atoms with E-state index in [0.717, 1.165) is 16.7 Å². The second-order valence-corrected chi connectivity index (χ2v) is 7.93. The third kappa shape index (κ3) is 3.92. The Kier molecular flexibility index (Phi) is 5.28. The van der Waals surface area contributed by atoms with Crippen LogP contribution in [0.15, 0.2) is 48.8 Å². The quantitative estimate of drug-likeness (QED) is 0.715. The van der Waals surface area contributed by atoms with E-state index in [2.05, 4.69) is 10.3 Å². The molecule has 1 aliphatic rings. The van der Waals surface area contributed by atoms with E-state index in [1.165, 1.54) is 0 Å². The second kappa shape index (κ2) is 7.89. The molecule has 3 heterocycles. The molecule has 1 saturated heterocycles. The Hall–Kier alpha value is -3.22.